The number of aromatic nitrogens is 3. The molecule has 0 unspecified atom stereocenters. The second-order valence-electron chi connectivity index (χ2n) is 8.84. The van der Waals surface area contributed by atoms with Crippen molar-refractivity contribution in [3.05, 3.63) is 81.6 Å². The number of para-hydroxylation sites is 2. The predicted octanol–water partition coefficient (Wildman–Crippen LogP) is 3.92. The van der Waals surface area contributed by atoms with Crippen molar-refractivity contribution in [2.75, 3.05) is 13.1 Å². The Balaban J connectivity index is 1.15. The number of hydrogen-bond acceptors (Lipinski definition) is 5. The van der Waals surface area contributed by atoms with Gasteiger partial charge in [-0.15, -0.1) is 0 Å². The molecule has 176 valence electrons. The van der Waals surface area contributed by atoms with Gasteiger partial charge in [0.25, 0.3) is 0 Å². The Morgan fingerprint density at radius 2 is 1.85 bits per heavy atom. The summed E-state index contributed by atoms with van der Waals surface area (Å²) in [7, 11) is 0. The third kappa shape index (κ3) is 4.35. The Morgan fingerprint density at radius 1 is 1.12 bits per heavy atom. The molecule has 8 nitrogen and oxygen atoms in total. The van der Waals surface area contributed by atoms with Crippen LogP contribution in [0.4, 0.5) is 0 Å². The van der Waals surface area contributed by atoms with E-state index in [1.54, 1.807) is 0 Å². The number of ether oxygens (including phenoxy) is 1. The van der Waals surface area contributed by atoms with Crippen LogP contribution in [0.1, 0.15) is 41.5 Å². The summed E-state index contributed by atoms with van der Waals surface area (Å²) >= 11 is 0. The van der Waals surface area contributed by atoms with E-state index in [1.807, 2.05) is 71.8 Å². The van der Waals surface area contributed by atoms with Gasteiger partial charge in [-0.1, -0.05) is 29.4 Å². The minimum atomic E-state index is -0.0809. The molecule has 5 rings (SSSR count). The van der Waals surface area contributed by atoms with Gasteiger partial charge in [0.1, 0.15) is 18.1 Å². The Labute approximate surface area is 197 Å². The van der Waals surface area contributed by atoms with Crippen LogP contribution in [0.5, 0.6) is 5.75 Å². The molecule has 8 heteroatoms. The summed E-state index contributed by atoms with van der Waals surface area (Å²) in [4.78, 5) is 30.2. The van der Waals surface area contributed by atoms with Crippen LogP contribution in [-0.4, -0.2) is 38.6 Å². The molecular weight excluding hydrogens is 432 g/mol. The van der Waals surface area contributed by atoms with Crippen LogP contribution in [0.15, 0.2) is 57.8 Å². The molecule has 4 aromatic rings. The maximum absolute atomic E-state index is 12.9. The quantitative estimate of drug-likeness (QED) is 0.471. The fraction of sp³-hybridized carbons (Fsp3) is 0.346. The summed E-state index contributed by atoms with van der Waals surface area (Å²) < 4.78 is 12.9. The van der Waals surface area contributed by atoms with E-state index in [9.17, 15) is 9.59 Å². The summed E-state index contributed by atoms with van der Waals surface area (Å²) in [6.07, 6.45) is 1.88. The van der Waals surface area contributed by atoms with Crippen LogP contribution in [0.25, 0.3) is 11.0 Å². The van der Waals surface area contributed by atoms with Gasteiger partial charge >= 0.3 is 5.69 Å². The predicted molar refractivity (Wildman–Crippen MR) is 128 cm³/mol. The summed E-state index contributed by atoms with van der Waals surface area (Å²) in [5.41, 5.74) is 4.43. The van der Waals surface area contributed by atoms with Crippen LogP contribution in [0, 0.1) is 13.8 Å². The zero-order chi connectivity index (χ0) is 23.7. The van der Waals surface area contributed by atoms with Gasteiger partial charge in [0.15, 0.2) is 0 Å². The first-order valence-electron chi connectivity index (χ1n) is 11.6. The number of nitrogens with one attached hydrogen (secondary N) is 1. The lowest BCUT2D eigenvalue weighted by Gasteiger charge is -2.32. The third-order valence-corrected chi connectivity index (χ3v) is 6.65. The largest absolute Gasteiger partial charge is 0.489 e. The number of imidazole rings is 1. The highest BCUT2D eigenvalue weighted by atomic mass is 16.5. The molecule has 2 aromatic heterocycles. The summed E-state index contributed by atoms with van der Waals surface area (Å²) in [5, 5.41) is 3.94. The molecular formula is C26H28N4O4. The Morgan fingerprint density at radius 3 is 2.56 bits per heavy atom. The van der Waals surface area contributed by atoms with E-state index in [1.165, 1.54) is 0 Å². The molecule has 1 aliphatic heterocycles. The van der Waals surface area contributed by atoms with Crippen molar-refractivity contribution in [3.63, 3.8) is 0 Å². The van der Waals surface area contributed by atoms with Crippen LogP contribution < -0.4 is 10.4 Å². The highest BCUT2D eigenvalue weighted by molar-refractivity contribution is 5.79. The molecule has 0 bridgehead atoms. The van der Waals surface area contributed by atoms with E-state index in [0.29, 0.717) is 26.1 Å². The van der Waals surface area contributed by atoms with Gasteiger partial charge in [-0.25, -0.2) is 4.79 Å². The average molecular weight is 461 g/mol. The lowest BCUT2D eigenvalue weighted by atomic mass is 10.0. The average Bonchev–Trinajstić information content (AvgIpc) is 3.36. The van der Waals surface area contributed by atoms with E-state index in [2.05, 4.69) is 10.1 Å². The standard InChI is InChI=1S/C26H28N4O4/c1-17-22(18(2)34-28-17)16-33-21-9-7-19(8-10-21)15-25(31)29-13-11-20(12-14-29)30-24-6-4-3-5-23(24)27-26(30)32/h3-10,20H,11-16H2,1-2H3,(H,27,32). The molecule has 0 atom stereocenters. The number of piperidine rings is 1. The summed E-state index contributed by atoms with van der Waals surface area (Å²) in [6.45, 7) is 5.45. The number of carbonyl (C=O) groups excluding carboxylic acids is 1. The molecule has 34 heavy (non-hydrogen) atoms. The van der Waals surface area contributed by atoms with E-state index in [0.717, 1.165) is 52.2 Å². The van der Waals surface area contributed by atoms with Gasteiger partial charge in [0.05, 0.1) is 28.7 Å². The van der Waals surface area contributed by atoms with Crippen molar-refractivity contribution in [2.45, 2.75) is 45.8 Å². The Hall–Kier alpha value is -3.81. The van der Waals surface area contributed by atoms with Gasteiger partial charge in [-0.2, -0.15) is 0 Å². The summed E-state index contributed by atoms with van der Waals surface area (Å²) in [5.74, 6) is 1.60. The van der Waals surface area contributed by atoms with Crippen molar-refractivity contribution in [1.29, 1.82) is 0 Å². The Kier molecular flexibility index (Phi) is 5.96. The Bertz CT molecular complexity index is 1340. The second-order valence-corrected chi connectivity index (χ2v) is 8.84. The van der Waals surface area contributed by atoms with Crippen molar-refractivity contribution in [1.82, 2.24) is 19.6 Å². The lowest BCUT2D eigenvalue weighted by Crippen LogP contribution is -2.41. The molecule has 1 aliphatic rings. The first-order chi connectivity index (χ1) is 16.5. The van der Waals surface area contributed by atoms with Gasteiger partial charge < -0.3 is 19.1 Å². The third-order valence-electron chi connectivity index (χ3n) is 6.65. The number of aryl methyl sites for hydroxylation is 2. The van der Waals surface area contributed by atoms with Crippen molar-refractivity contribution < 1.29 is 14.1 Å². The van der Waals surface area contributed by atoms with Crippen molar-refractivity contribution in [3.8, 4) is 5.75 Å². The van der Waals surface area contributed by atoms with Crippen LogP contribution >= 0.6 is 0 Å². The molecule has 1 fully saturated rings. The topological polar surface area (TPSA) is 93.4 Å². The number of amides is 1. The van der Waals surface area contributed by atoms with Crippen LogP contribution in [0.3, 0.4) is 0 Å². The highest BCUT2D eigenvalue weighted by Gasteiger charge is 2.26. The molecule has 0 radical (unpaired) electrons. The first-order valence-corrected chi connectivity index (χ1v) is 11.6. The van der Waals surface area contributed by atoms with Crippen molar-refractivity contribution >= 4 is 16.9 Å². The maximum Gasteiger partial charge on any atom is 0.326 e. The molecule has 1 N–H and O–H groups in total. The number of aromatic amines is 1. The number of fused-ring (bicyclic) bond motifs is 1. The maximum atomic E-state index is 12.9. The van der Waals surface area contributed by atoms with Crippen LogP contribution in [0.2, 0.25) is 0 Å². The lowest BCUT2D eigenvalue weighted by molar-refractivity contribution is -0.131. The number of nitrogens with zero attached hydrogens (tertiary/aromatic N) is 3. The molecule has 1 saturated heterocycles. The first kappa shape index (κ1) is 22.0. The van der Waals surface area contributed by atoms with Crippen molar-refractivity contribution in [2.24, 2.45) is 0 Å². The highest BCUT2D eigenvalue weighted by Crippen LogP contribution is 2.25. The minimum absolute atomic E-state index is 0.0809. The monoisotopic (exact) mass is 460 g/mol. The molecule has 0 aliphatic carbocycles. The number of hydrogen-bond donors (Lipinski definition) is 1. The fourth-order valence-corrected chi connectivity index (χ4v) is 4.66. The van der Waals surface area contributed by atoms with Gasteiger partial charge in [-0.3, -0.25) is 9.36 Å². The molecule has 3 heterocycles. The summed E-state index contributed by atoms with van der Waals surface area (Å²) in [6, 6.07) is 15.5. The fourth-order valence-electron chi connectivity index (χ4n) is 4.66. The normalized spacial score (nSPS) is 14.6. The van der Waals surface area contributed by atoms with Gasteiger partial charge in [0, 0.05) is 19.1 Å². The molecule has 0 saturated carbocycles. The van der Waals surface area contributed by atoms with E-state index in [-0.39, 0.29) is 17.6 Å². The number of carbonyl (C=O) groups is 1. The van der Waals surface area contributed by atoms with E-state index < -0.39 is 0 Å². The zero-order valence-electron chi connectivity index (χ0n) is 19.4. The van der Waals surface area contributed by atoms with Gasteiger partial charge in [0.2, 0.25) is 5.91 Å². The number of H-pyrrole nitrogens is 1. The smallest absolute Gasteiger partial charge is 0.326 e. The number of rotatable bonds is 6. The zero-order valence-corrected chi connectivity index (χ0v) is 19.4. The molecule has 0 spiro atoms. The number of benzene rings is 2. The van der Waals surface area contributed by atoms with E-state index in [4.69, 9.17) is 9.26 Å². The SMILES string of the molecule is Cc1noc(C)c1COc1ccc(CC(=O)N2CCC(n3c(=O)[nH]c4ccccc43)CC2)cc1. The van der Waals surface area contributed by atoms with E-state index >= 15 is 0 Å². The minimum Gasteiger partial charge on any atom is -0.489 e. The molecule has 2 aromatic carbocycles. The second kappa shape index (κ2) is 9.21. The van der Waals surface area contributed by atoms with Crippen LogP contribution in [-0.2, 0) is 17.8 Å². The number of likely N-dealkylation sites (tertiary alicyclic amines) is 1. The van der Waals surface area contributed by atoms with Gasteiger partial charge in [-0.05, 0) is 56.5 Å². The molecule has 1 amide bonds.